The number of halogens is 1. The van der Waals surface area contributed by atoms with Crippen LogP contribution < -0.4 is 0 Å². The number of aromatic amines is 2. The maximum atomic E-state index is 16.0. The Kier molecular flexibility index (Phi) is 4.33. The summed E-state index contributed by atoms with van der Waals surface area (Å²) < 4.78 is 18.5. The minimum absolute atomic E-state index is 0.108. The number of H-pyrrole nitrogens is 2. The number of nitrogens with zero attached hydrogens (tertiary/aromatic N) is 6. The van der Waals surface area contributed by atoms with Crippen LogP contribution in [0.4, 0.5) is 4.39 Å². The molecular weight excluding hydrogens is 479 g/mol. The van der Waals surface area contributed by atoms with Gasteiger partial charge >= 0.3 is 0 Å². The molecule has 2 N–H and O–H groups in total. The van der Waals surface area contributed by atoms with E-state index in [1.165, 1.54) is 23.7 Å². The molecule has 11 heteroatoms. The fourth-order valence-electron chi connectivity index (χ4n) is 4.45. The number of hydrogen-bond donors (Lipinski definition) is 2. The lowest BCUT2D eigenvalue weighted by Crippen LogP contribution is -2.17. The quantitative estimate of drug-likeness (QED) is 0.303. The van der Waals surface area contributed by atoms with Crippen LogP contribution in [0.2, 0.25) is 0 Å². The van der Waals surface area contributed by atoms with Crippen LogP contribution in [0.25, 0.3) is 64.6 Å². The second kappa shape index (κ2) is 7.49. The number of thiophene rings is 1. The zero-order chi connectivity index (χ0) is 24.6. The standard InChI is InChI=1S/C25H17FN8OS/c1-11(2)25(35)34-13-7-12(8-27-9-13)20-19(26)18-15(10-29-20)32-33-23(18)24-30-14-5-6-28-22(21(14)31-24)16-3-4-17(34)36-16/h3-11H,1-2H3,(H,30,31)(H,32,33). The first-order valence-corrected chi connectivity index (χ1v) is 12.1. The molecule has 0 saturated carbocycles. The van der Waals surface area contributed by atoms with E-state index in [4.69, 9.17) is 4.98 Å². The van der Waals surface area contributed by atoms with Crippen LogP contribution in [0.1, 0.15) is 18.6 Å². The summed E-state index contributed by atoms with van der Waals surface area (Å²) in [5.41, 5.74) is 3.86. The van der Waals surface area contributed by atoms with Gasteiger partial charge in [-0.1, -0.05) is 13.8 Å². The number of carbonyl (C=O) groups excluding carboxylic acids is 1. The topological polar surface area (TPSA) is 118 Å². The monoisotopic (exact) mass is 496 g/mol. The predicted molar refractivity (Wildman–Crippen MR) is 138 cm³/mol. The third kappa shape index (κ3) is 2.92. The van der Waals surface area contributed by atoms with Gasteiger partial charge in [-0.25, -0.2) is 9.37 Å². The predicted octanol–water partition coefficient (Wildman–Crippen LogP) is 5.66. The molecule has 0 radical (unpaired) electrons. The molecule has 0 spiro atoms. The van der Waals surface area contributed by atoms with Gasteiger partial charge < -0.3 is 4.98 Å². The van der Waals surface area contributed by atoms with E-state index in [0.29, 0.717) is 43.4 Å². The molecule has 7 rings (SSSR count). The highest BCUT2D eigenvalue weighted by Gasteiger charge is 2.17. The Morgan fingerprint density at radius 3 is 2.78 bits per heavy atom. The van der Waals surface area contributed by atoms with Crippen LogP contribution in [-0.4, -0.2) is 45.6 Å². The van der Waals surface area contributed by atoms with Gasteiger partial charge in [0.1, 0.15) is 26.9 Å². The number of rotatable bonds is 1. The smallest absolute Gasteiger partial charge is 0.234 e. The SMILES string of the molecule is CC(C)C(=O)n1c2cncc(c2)c2ncc3[nH]nc(c4nc5c(ccnc5c5ccc1s5)[nH]4)c3c2F. The average molecular weight is 497 g/mol. The number of nitrogens with one attached hydrogen (secondary N) is 2. The minimum Gasteiger partial charge on any atom is -0.336 e. The van der Waals surface area contributed by atoms with Gasteiger partial charge in [-0.3, -0.25) is 29.4 Å². The maximum absolute atomic E-state index is 16.0. The van der Waals surface area contributed by atoms with Gasteiger partial charge in [0.05, 0.1) is 39.0 Å². The lowest BCUT2D eigenvalue weighted by Gasteiger charge is -2.10. The summed E-state index contributed by atoms with van der Waals surface area (Å²) in [6.45, 7) is 3.68. The van der Waals surface area contributed by atoms with Crippen molar-refractivity contribution in [3.8, 4) is 0 Å². The van der Waals surface area contributed by atoms with E-state index >= 15 is 4.39 Å². The van der Waals surface area contributed by atoms with Gasteiger partial charge in [0.25, 0.3) is 0 Å². The zero-order valence-electron chi connectivity index (χ0n) is 19.1. The van der Waals surface area contributed by atoms with E-state index in [2.05, 4.69) is 30.1 Å². The lowest BCUT2D eigenvalue weighted by molar-refractivity contribution is 0.0865. The molecule has 7 heterocycles. The second-order valence-electron chi connectivity index (χ2n) is 8.82. The van der Waals surface area contributed by atoms with Crippen LogP contribution in [0.15, 0.2) is 49.1 Å². The molecular formula is C25H17FN8OS. The molecule has 0 aliphatic heterocycles. The van der Waals surface area contributed by atoms with Crippen molar-refractivity contribution in [3.05, 3.63) is 54.9 Å². The molecule has 36 heavy (non-hydrogen) atoms. The van der Waals surface area contributed by atoms with Crippen LogP contribution in [0, 0.1) is 11.7 Å². The zero-order valence-corrected chi connectivity index (χ0v) is 19.9. The summed E-state index contributed by atoms with van der Waals surface area (Å²) in [6, 6.07) is 7.35. The van der Waals surface area contributed by atoms with Crippen molar-refractivity contribution in [1.29, 1.82) is 0 Å². The van der Waals surface area contributed by atoms with Gasteiger partial charge in [0, 0.05) is 23.7 Å². The second-order valence-corrected chi connectivity index (χ2v) is 9.88. The third-order valence-electron chi connectivity index (χ3n) is 6.19. The number of fused-ring (bicyclic) bond motifs is 9. The summed E-state index contributed by atoms with van der Waals surface area (Å²) in [7, 11) is 0. The van der Waals surface area contributed by atoms with E-state index in [0.717, 1.165) is 10.2 Å². The van der Waals surface area contributed by atoms with Gasteiger partial charge in [-0.15, -0.1) is 11.3 Å². The Labute approximate surface area is 205 Å². The Morgan fingerprint density at radius 2 is 1.92 bits per heavy atom. The molecule has 7 aromatic rings. The molecule has 0 saturated heterocycles. The van der Waals surface area contributed by atoms with Crippen LogP contribution in [-0.2, 0) is 0 Å². The highest BCUT2D eigenvalue weighted by Crippen LogP contribution is 2.31. The van der Waals surface area contributed by atoms with Crippen molar-refractivity contribution >= 4 is 81.8 Å². The normalized spacial score (nSPS) is 12.1. The molecule has 0 amide bonds. The van der Waals surface area contributed by atoms with Crippen molar-refractivity contribution in [1.82, 2.24) is 39.7 Å². The first-order valence-electron chi connectivity index (χ1n) is 11.3. The van der Waals surface area contributed by atoms with Gasteiger partial charge in [-0.05, 0) is 24.3 Å². The number of hydrogen-bond acceptors (Lipinski definition) is 7. The fourth-order valence-corrected chi connectivity index (χ4v) is 5.48. The largest absolute Gasteiger partial charge is 0.336 e. The molecule has 0 fully saturated rings. The molecule has 0 aliphatic carbocycles. The Balaban J connectivity index is 1.81. The fraction of sp³-hybridized carbons (Fsp3) is 0.120. The lowest BCUT2D eigenvalue weighted by atomic mass is 10.2. The number of pyridine rings is 3. The van der Waals surface area contributed by atoms with Crippen LogP contribution in [0.3, 0.4) is 0 Å². The van der Waals surface area contributed by atoms with E-state index < -0.39 is 5.82 Å². The molecule has 0 unspecified atom stereocenters. The van der Waals surface area contributed by atoms with Gasteiger partial charge in [0.15, 0.2) is 11.5 Å². The van der Waals surface area contributed by atoms with E-state index in [1.54, 1.807) is 23.0 Å². The molecule has 0 aromatic carbocycles. The van der Waals surface area contributed by atoms with E-state index in [9.17, 15) is 4.79 Å². The summed E-state index contributed by atoms with van der Waals surface area (Å²) in [5, 5.41) is 7.91. The Hall–Kier alpha value is -4.51. The highest BCUT2D eigenvalue weighted by molar-refractivity contribution is 7.24. The van der Waals surface area contributed by atoms with E-state index in [-0.39, 0.29) is 22.7 Å². The molecule has 0 atom stereocenters. The van der Waals surface area contributed by atoms with Crippen LogP contribution in [0.5, 0.6) is 0 Å². The first-order chi connectivity index (χ1) is 17.5. The molecule has 176 valence electrons. The van der Waals surface area contributed by atoms with E-state index in [1.807, 2.05) is 32.0 Å². The third-order valence-corrected chi connectivity index (χ3v) is 7.26. The summed E-state index contributed by atoms with van der Waals surface area (Å²) >= 11 is 1.42. The molecule has 9 nitrogen and oxygen atoms in total. The Bertz CT molecular complexity index is 2080. The molecule has 7 aromatic heterocycles. The highest BCUT2D eigenvalue weighted by atomic mass is 32.1. The average Bonchev–Trinajstić information content (AvgIpc) is 3.62. The van der Waals surface area contributed by atoms with Crippen molar-refractivity contribution in [2.75, 3.05) is 0 Å². The van der Waals surface area contributed by atoms with Gasteiger partial charge in [-0.2, -0.15) is 5.10 Å². The van der Waals surface area contributed by atoms with Crippen molar-refractivity contribution in [2.45, 2.75) is 13.8 Å². The number of aromatic nitrogens is 8. The van der Waals surface area contributed by atoms with Crippen molar-refractivity contribution < 1.29 is 9.18 Å². The maximum Gasteiger partial charge on any atom is 0.234 e. The summed E-state index contributed by atoms with van der Waals surface area (Å²) in [6.07, 6.45) is 6.36. The molecule has 0 aliphatic rings. The number of carbonyl (C=O) groups is 1. The van der Waals surface area contributed by atoms with Crippen LogP contribution >= 0.6 is 11.3 Å². The van der Waals surface area contributed by atoms with Gasteiger partial charge in [0.2, 0.25) is 5.91 Å². The van der Waals surface area contributed by atoms with Crippen molar-refractivity contribution in [3.63, 3.8) is 0 Å². The minimum atomic E-state index is -0.552. The first kappa shape index (κ1) is 20.8. The Morgan fingerprint density at radius 1 is 1.03 bits per heavy atom. The van der Waals surface area contributed by atoms with Crippen molar-refractivity contribution in [2.24, 2.45) is 5.92 Å². The summed E-state index contributed by atoms with van der Waals surface area (Å²) in [4.78, 5) is 35.4. The summed E-state index contributed by atoms with van der Waals surface area (Å²) in [5.74, 6) is -0.944. The number of imidazole rings is 1. The molecule has 8 bridgehead atoms.